The van der Waals surface area contributed by atoms with E-state index in [1.165, 1.54) is 11.0 Å². The average molecular weight is 488 g/mol. The van der Waals surface area contributed by atoms with Gasteiger partial charge in [-0.3, -0.25) is 9.69 Å². The molecule has 0 atom stereocenters. The van der Waals surface area contributed by atoms with E-state index >= 15 is 0 Å². The lowest BCUT2D eigenvalue weighted by Gasteiger charge is -2.09. The van der Waals surface area contributed by atoms with Gasteiger partial charge in [-0.15, -0.1) is 0 Å². The van der Waals surface area contributed by atoms with Crippen LogP contribution < -0.4 is 10.1 Å². The molecule has 2 aromatic carbocycles. The van der Waals surface area contributed by atoms with Crippen LogP contribution in [0.25, 0.3) is 17.0 Å². The first kappa shape index (κ1) is 20.6. The van der Waals surface area contributed by atoms with Crippen molar-refractivity contribution < 1.29 is 13.9 Å². The molecular formula is C22H19BrFN3O2S. The van der Waals surface area contributed by atoms with Crippen LogP contribution in [-0.4, -0.2) is 33.6 Å². The van der Waals surface area contributed by atoms with Crippen molar-refractivity contribution in [1.82, 2.24) is 14.8 Å². The summed E-state index contributed by atoms with van der Waals surface area (Å²) >= 11 is 8.75. The summed E-state index contributed by atoms with van der Waals surface area (Å²) in [6.45, 7) is 3.23. The minimum atomic E-state index is -0.383. The molecule has 1 aromatic heterocycles. The van der Waals surface area contributed by atoms with Gasteiger partial charge in [0.25, 0.3) is 5.91 Å². The molecule has 30 heavy (non-hydrogen) atoms. The van der Waals surface area contributed by atoms with Crippen LogP contribution in [0.2, 0.25) is 0 Å². The lowest BCUT2D eigenvalue weighted by molar-refractivity contribution is -0.122. The second-order valence-corrected chi connectivity index (χ2v) is 8.06. The number of fused-ring (bicyclic) bond motifs is 1. The van der Waals surface area contributed by atoms with Crippen LogP contribution in [0.4, 0.5) is 4.39 Å². The van der Waals surface area contributed by atoms with Crippen LogP contribution in [0.5, 0.6) is 5.75 Å². The Morgan fingerprint density at radius 1 is 1.27 bits per heavy atom. The summed E-state index contributed by atoms with van der Waals surface area (Å²) in [7, 11) is 0. The molecule has 0 spiro atoms. The number of benzene rings is 2. The van der Waals surface area contributed by atoms with Gasteiger partial charge in [0, 0.05) is 33.7 Å². The predicted molar refractivity (Wildman–Crippen MR) is 123 cm³/mol. The normalized spacial score (nSPS) is 15.3. The Kier molecular flexibility index (Phi) is 5.87. The highest BCUT2D eigenvalue weighted by Gasteiger charge is 2.29. The summed E-state index contributed by atoms with van der Waals surface area (Å²) in [6.07, 6.45) is 3.77. The van der Waals surface area contributed by atoms with Gasteiger partial charge >= 0.3 is 0 Å². The molecule has 1 aliphatic heterocycles. The summed E-state index contributed by atoms with van der Waals surface area (Å²) in [6, 6.07) is 12.3. The second kappa shape index (κ2) is 8.57. The lowest BCUT2D eigenvalue weighted by Crippen LogP contribution is -2.30. The average Bonchev–Trinajstić information content (AvgIpc) is 3.19. The number of likely N-dealkylation sites (N-methyl/N-ethyl adjacent to an activating group) is 1. The van der Waals surface area contributed by atoms with E-state index in [0.29, 0.717) is 30.5 Å². The summed E-state index contributed by atoms with van der Waals surface area (Å²) in [5.41, 5.74) is 2.32. The Bertz CT molecular complexity index is 1170. The maximum absolute atomic E-state index is 13.8. The minimum absolute atomic E-state index is 0.138. The standard InChI is InChI=1S/C22H19BrFN3O2S/c1-2-27-21(28)18(25-22(27)30)11-14-13-26(19-8-7-15(23)12-16(14)19)9-10-29-20-6-4-3-5-17(20)24/h3-8,11-13H,2,9-10H2,1H3,(H,25,30)/b18-11-. The lowest BCUT2D eigenvalue weighted by atomic mass is 10.1. The highest BCUT2D eigenvalue weighted by atomic mass is 79.9. The zero-order valence-corrected chi connectivity index (χ0v) is 18.6. The van der Waals surface area contributed by atoms with Gasteiger partial charge in [0.1, 0.15) is 12.3 Å². The number of para-hydroxylation sites is 1. The third-order valence-corrected chi connectivity index (χ3v) is 5.69. The second-order valence-electron chi connectivity index (χ2n) is 6.76. The molecule has 3 aromatic rings. The van der Waals surface area contributed by atoms with E-state index in [1.807, 2.05) is 42.0 Å². The molecule has 0 bridgehead atoms. The fourth-order valence-electron chi connectivity index (χ4n) is 3.43. The van der Waals surface area contributed by atoms with Crippen LogP contribution in [0.1, 0.15) is 12.5 Å². The number of aromatic nitrogens is 1. The molecule has 4 rings (SSSR count). The first-order chi connectivity index (χ1) is 14.5. The van der Waals surface area contributed by atoms with E-state index in [-0.39, 0.29) is 17.5 Å². The van der Waals surface area contributed by atoms with Gasteiger partial charge in [-0.05, 0) is 55.5 Å². The van der Waals surface area contributed by atoms with Crippen LogP contribution in [0.3, 0.4) is 0 Å². The third-order valence-electron chi connectivity index (χ3n) is 4.88. The monoisotopic (exact) mass is 487 g/mol. The fourth-order valence-corrected chi connectivity index (χ4v) is 4.11. The summed E-state index contributed by atoms with van der Waals surface area (Å²) in [5, 5.41) is 4.39. The van der Waals surface area contributed by atoms with Gasteiger partial charge in [0.2, 0.25) is 0 Å². The van der Waals surface area contributed by atoms with Crippen molar-refractivity contribution in [3.63, 3.8) is 0 Å². The van der Waals surface area contributed by atoms with Gasteiger partial charge in [-0.25, -0.2) is 4.39 Å². The van der Waals surface area contributed by atoms with Crippen LogP contribution in [0, 0.1) is 5.82 Å². The van der Waals surface area contributed by atoms with Crippen molar-refractivity contribution in [2.24, 2.45) is 0 Å². The van der Waals surface area contributed by atoms with Crippen molar-refractivity contribution in [2.75, 3.05) is 13.2 Å². The molecular weight excluding hydrogens is 469 g/mol. The summed E-state index contributed by atoms with van der Waals surface area (Å²) in [5.74, 6) is -0.291. The molecule has 1 fully saturated rings. The molecule has 1 amide bonds. The number of carbonyl (C=O) groups excluding carboxylic acids is 1. The van der Waals surface area contributed by atoms with Crippen molar-refractivity contribution >= 4 is 56.1 Å². The molecule has 154 valence electrons. The number of thiocarbonyl (C=S) groups is 1. The van der Waals surface area contributed by atoms with Crippen molar-refractivity contribution in [3.8, 4) is 5.75 Å². The molecule has 0 aliphatic carbocycles. The summed E-state index contributed by atoms with van der Waals surface area (Å²) in [4.78, 5) is 14.1. The van der Waals surface area contributed by atoms with Crippen molar-refractivity contribution in [1.29, 1.82) is 0 Å². The molecule has 0 radical (unpaired) electrons. The van der Waals surface area contributed by atoms with Crippen molar-refractivity contribution in [3.05, 3.63) is 70.2 Å². The molecule has 0 unspecified atom stereocenters. The number of hydrogen-bond acceptors (Lipinski definition) is 3. The van der Waals surface area contributed by atoms with E-state index in [1.54, 1.807) is 18.2 Å². The van der Waals surface area contributed by atoms with E-state index in [9.17, 15) is 9.18 Å². The number of rotatable bonds is 6. The number of halogens is 2. The zero-order chi connectivity index (χ0) is 21.3. The van der Waals surface area contributed by atoms with Gasteiger partial charge in [0.05, 0.1) is 6.54 Å². The number of carbonyl (C=O) groups is 1. The van der Waals surface area contributed by atoms with E-state index < -0.39 is 0 Å². The number of hydrogen-bond donors (Lipinski definition) is 1. The summed E-state index contributed by atoms with van der Waals surface area (Å²) < 4.78 is 22.3. The molecule has 1 saturated heterocycles. The predicted octanol–water partition coefficient (Wildman–Crippen LogP) is 4.70. The van der Waals surface area contributed by atoms with E-state index in [0.717, 1.165) is 20.9 Å². The fraction of sp³-hybridized carbons (Fsp3) is 0.182. The maximum Gasteiger partial charge on any atom is 0.276 e. The Hall–Kier alpha value is -2.71. The van der Waals surface area contributed by atoms with Gasteiger partial charge in [-0.1, -0.05) is 28.1 Å². The minimum Gasteiger partial charge on any atom is -0.489 e. The number of amides is 1. The number of ether oxygens (including phenoxy) is 1. The van der Waals surface area contributed by atoms with Crippen LogP contribution in [-0.2, 0) is 11.3 Å². The zero-order valence-electron chi connectivity index (χ0n) is 16.2. The van der Waals surface area contributed by atoms with Gasteiger partial charge in [-0.2, -0.15) is 0 Å². The quantitative estimate of drug-likeness (QED) is 0.404. The number of nitrogens with zero attached hydrogens (tertiary/aromatic N) is 2. The number of nitrogens with one attached hydrogen (secondary N) is 1. The molecule has 0 saturated carbocycles. The molecule has 1 aliphatic rings. The first-order valence-corrected chi connectivity index (χ1v) is 10.7. The molecule has 1 N–H and O–H groups in total. The molecule has 2 heterocycles. The van der Waals surface area contributed by atoms with Crippen LogP contribution in [0.15, 0.2) is 58.8 Å². The maximum atomic E-state index is 13.8. The highest BCUT2D eigenvalue weighted by Crippen LogP contribution is 2.28. The Morgan fingerprint density at radius 3 is 2.80 bits per heavy atom. The first-order valence-electron chi connectivity index (χ1n) is 9.48. The third kappa shape index (κ3) is 3.97. The van der Waals surface area contributed by atoms with E-state index in [2.05, 4.69) is 21.2 Å². The topological polar surface area (TPSA) is 46.5 Å². The van der Waals surface area contributed by atoms with E-state index in [4.69, 9.17) is 17.0 Å². The van der Waals surface area contributed by atoms with Gasteiger partial charge < -0.3 is 14.6 Å². The van der Waals surface area contributed by atoms with Crippen LogP contribution >= 0.6 is 28.1 Å². The van der Waals surface area contributed by atoms with Gasteiger partial charge in [0.15, 0.2) is 16.7 Å². The Morgan fingerprint density at radius 2 is 2.07 bits per heavy atom. The van der Waals surface area contributed by atoms with Crippen molar-refractivity contribution in [2.45, 2.75) is 13.5 Å². The molecule has 8 heteroatoms. The highest BCUT2D eigenvalue weighted by molar-refractivity contribution is 9.10. The largest absolute Gasteiger partial charge is 0.489 e. The SMILES string of the molecule is CCN1C(=O)/C(=C/c2cn(CCOc3ccccc3F)c3ccc(Br)cc23)NC1=S. The Balaban J connectivity index is 1.63. The Labute approximate surface area is 187 Å². The smallest absolute Gasteiger partial charge is 0.276 e. The molecule has 5 nitrogen and oxygen atoms in total.